The Balaban J connectivity index is 3.98. The molecule has 0 radical (unpaired) electrons. The summed E-state index contributed by atoms with van der Waals surface area (Å²) in [7, 11) is 1.50. The Morgan fingerprint density at radius 3 is 0.952 bits per heavy atom. The first-order chi connectivity index (χ1) is 41.0. The molecule has 0 saturated carbocycles. The molecule has 2 unspecified atom stereocenters. The second-order valence-electron chi connectivity index (χ2n) is 26.3. The predicted octanol–water partition coefficient (Wildman–Crippen LogP) is 23.8. The molecule has 1 N–H and O–H groups in total. The summed E-state index contributed by atoms with van der Waals surface area (Å²) in [6, 6.07) is 0. The van der Waals surface area contributed by atoms with Crippen molar-refractivity contribution in [2.75, 3.05) is 47.5 Å². The van der Waals surface area contributed by atoms with Crippen molar-refractivity contribution in [3.05, 3.63) is 36.5 Å². The van der Waals surface area contributed by atoms with Gasteiger partial charge in [-0.1, -0.05) is 346 Å². The fraction of sp³-hybridized carbons (Fsp3) is 0.892. The van der Waals surface area contributed by atoms with Crippen LogP contribution in [0.3, 0.4) is 0 Å². The van der Waals surface area contributed by atoms with Gasteiger partial charge in [-0.15, -0.1) is 0 Å². The number of phosphoric ester groups is 1. The van der Waals surface area contributed by atoms with Gasteiger partial charge in [-0.05, 0) is 51.4 Å². The minimum atomic E-state index is -4.39. The first kappa shape index (κ1) is 82.2. The van der Waals surface area contributed by atoms with Crippen LogP contribution in [0.4, 0.5) is 0 Å². The van der Waals surface area contributed by atoms with E-state index in [1.807, 2.05) is 21.1 Å². The van der Waals surface area contributed by atoms with E-state index in [0.717, 1.165) is 44.9 Å². The molecule has 0 aromatic carbocycles. The molecule has 0 heterocycles. The van der Waals surface area contributed by atoms with Gasteiger partial charge in [-0.25, -0.2) is 4.57 Å². The average molecular weight is 1210 g/mol. The largest absolute Gasteiger partial charge is 0.472 e. The van der Waals surface area contributed by atoms with Crippen LogP contribution >= 0.6 is 7.82 Å². The number of phosphoric acid groups is 1. The quantitative estimate of drug-likeness (QED) is 0.0211. The molecule has 2 atom stereocenters. The zero-order valence-electron chi connectivity index (χ0n) is 56.7. The molecule has 0 rings (SSSR count). The van der Waals surface area contributed by atoms with E-state index < -0.39 is 26.5 Å². The van der Waals surface area contributed by atoms with E-state index in [1.165, 1.54) is 295 Å². The van der Waals surface area contributed by atoms with E-state index >= 15 is 0 Å². The normalized spacial score (nSPS) is 13.3. The fourth-order valence-corrected chi connectivity index (χ4v) is 11.8. The minimum Gasteiger partial charge on any atom is -0.462 e. The van der Waals surface area contributed by atoms with Crippen molar-refractivity contribution in [3.8, 4) is 0 Å². The van der Waals surface area contributed by atoms with Gasteiger partial charge in [0.25, 0.3) is 0 Å². The van der Waals surface area contributed by atoms with Gasteiger partial charge in [-0.2, -0.15) is 0 Å². The van der Waals surface area contributed by atoms with Crippen LogP contribution in [-0.4, -0.2) is 74.9 Å². The molecule has 0 spiro atoms. The predicted molar refractivity (Wildman–Crippen MR) is 363 cm³/mol. The summed E-state index contributed by atoms with van der Waals surface area (Å²) in [5.74, 6) is -0.775. The first-order valence-corrected chi connectivity index (χ1v) is 38.2. The second-order valence-corrected chi connectivity index (χ2v) is 27.8. The second kappa shape index (κ2) is 65.7. The van der Waals surface area contributed by atoms with E-state index in [4.69, 9.17) is 18.5 Å². The molecule has 9 nitrogen and oxygen atoms in total. The number of carbonyl (C=O) groups excluding carboxylic acids is 2. The van der Waals surface area contributed by atoms with Gasteiger partial charge in [0.2, 0.25) is 0 Å². The zero-order valence-corrected chi connectivity index (χ0v) is 57.6. The van der Waals surface area contributed by atoms with Crippen LogP contribution in [0.15, 0.2) is 36.5 Å². The van der Waals surface area contributed by atoms with E-state index in [2.05, 4.69) is 50.3 Å². The van der Waals surface area contributed by atoms with Gasteiger partial charge < -0.3 is 18.9 Å². The van der Waals surface area contributed by atoms with Crippen molar-refractivity contribution >= 4 is 19.8 Å². The van der Waals surface area contributed by atoms with Gasteiger partial charge >= 0.3 is 19.8 Å². The molecule has 0 fully saturated rings. The Bertz CT molecular complexity index is 1510. The summed E-state index contributed by atoms with van der Waals surface area (Å²) in [4.78, 5) is 35.9. The third-order valence-electron chi connectivity index (χ3n) is 16.7. The lowest BCUT2D eigenvalue weighted by Crippen LogP contribution is -2.37. The maximum Gasteiger partial charge on any atom is 0.472 e. The maximum atomic E-state index is 12.9. The molecule has 84 heavy (non-hydrogen) atoms. The van der Waals surface area contributed by atoms with Gasteiger partial charge in [-0.3, -0.25) is 18.6 Å². The number of nitrogens with zero attached hydrogens (tertiary/aromatic N) is 1. The highest BCUT2D eigenvalue weighted by Gasteiger charge is 2.27. The molecule has 496 valence electrons. The Hall–Kier alpha value is -1.77. The number of hydrogen-bond acceptors (Lipinski definition) is 7. The first-order valence-electron chi connectivity index (χ1n) is 36.7. The summed E-state index contributed by atoms with van der Waals surface area (Å²) in [5, 5.41) is 0. The van der Waals surface area contributed by atoms with E-state index in [-0.39, 0.29) is 25.6 Å². The van der Waals surface area contributed by atoms with E-state index in [0.29, 0.717) is 23.9 Å². The minimum absolute atomic E-state index is 0.0345. The molecule has 0 aliphatic carbocycles. The number of allylic oxidation sites excluding steroid dienone is 6. The SMILES string of the molecule is CCCCCCC/C=C\C/C=C\C/C=C\CCCCCCCCCCCCCCCCCCC(=O)OC(COC(=O)CCCCCCCCCCCCCCCCCCCCCCCCCCCCCCC)COP(=O)(O)OCC[N+](C)(C)C. The summed E-state index contributed by atoms with van der Waals surface area (Å²) in [6.45, 7) is 4.50. The number of carbonyl (C=O) groups is 2. The number of quaternary nitrogens is 1. The van der Waals surface area contributed by atoms with Crippen molar-refractivity contribution in [1.82, 2.24) is 0 Å². The molecule has 0 aromatic heterocycles. The highest BCUT2D eigenvalue weighted by molar-refractivity contribution is 7.47. The number of hydrogen-bond donors (Lipinski definition) is 1. The molecular formula is C74H143NO8P+. The topological polar surface area (TPSA) is 108 Å². The summed E-state index contributed by atoms with van der Waals surface area (Å²) < 4.78 is 34.8. The average Bonchev–Trinajstić information content (AvgIpc) is 3.61. The molecule has 10 heteroatoms. The lowest BCUT2D eigenvalue weighted by Gasteiger charge is -2.24. The molecule has 0 amide bonds. The van der Waals surface area contributed by atoms with Crippen LogP contribution < -0.4 is 0 Å². The summed E-state index contributed by atoms with van der Waals surface area (Å²) >= 11 is 0. The number of esters is 2. The monoisotopic (exact) mass is 1210 g/mol. The molecular weight excluding hydrogens is 1060 g/mol. The standard InChI is InChI=1S/C74H142NO8P/c1-6-8-10-12-14-16-18-20-22-24-26-28-30-32-34-36-37-39-41-43-45-47-49-51-53-55-57-59-61-63-65-67-74(77)83-72(71-82-84(78,79)81-69-68-75(3,4)5)70-80-73(76)66-64-62-60-58-56-54-52-50-48-46-44-42-40-38-35-33-31-29-27-25-23-21-19-17-15-13-11-9-7-2/h18,20,24,26,30,32,72H,6-17,19,21-23,25,27-29,31,33-71H2,1-5H3/p+1/b20-18-,26-24-,32-30-. The Labute approximate surface area is 522 Å². The third-order valence-corrected chi connectivity index (χ3v) is 17.7. The maximum absolute atomic E-state index is 12.9. The highest BCUT2D eigenvalue weighted by atomic mass is 31.2. The molecule has 0 bridgehead atoms. The van der Waals surface area contributed by atoms with Gasteiger partial charge in [0.05, 0.1) is 27.7 Å². The number of unbranched alkanes of at least 4 members (excludes halogenated alkanes) is 49. The van der Waals surface area contributed by atoms with Gasteiger partial charge in [0.1, 0.15) is 19.8 Å². The lowest BCUT2D eigenvalue weighted by molar-refractivity contribution is -0.870. The van der Waals surface area contributed by atoms with Crippen LogP contribution in [0, 0.1) is 0 Å². The zero-order chi connectivity index (χ0) is 61.2. The molecule has 0 aliphatic rings. The molecule has 0 saturated heterocycles. The van der Waals surface area contributed by atoms with Crippen molar-refractivity contribution in [1.29, 1.82) is 0 Å². The Morgan fingerprint density at radius 1 is 0.369 bits per heavy atom. The smallest absolute Gasteiger partial charge is 0.462 e. The molecule has 0 aliphatic heterocycles. The fourth-order valence-electron chi connectivity index (χ4n) is 11.0. The van der Waals surface area contributed by atoms with E-state index in [9.17, 15) is 19.0 Å². The van der Waals surface area contributed by atoms with Crippen LogP contribution in [0.5, 0.6) is 0 Å². The number of rotatable bonds is 69. The van der Waals surface area contributed by atoms with Gasteiger partial charge in [0, 0.05) is 12.8 Å². The summed E-state index contributed by atoms with van der Waals surface area (Å²) in [6.07, 6.45) is 84.1. The lowest BCUT2D eigenvalue weighted by atomic mass is 10.0. The number of ether oxygens (including phenoxy) is 2. The van der Waals surface area contributed by atoms with E-state index in [1.54, 1.807) is 0 Å². The van der Waals surface area contributed by atoms with Crippen LogP contribution in [0.2, 0.25) is 0 Å². The van der Waals surface area contributed by atoms with Crippen LogP contribution in [-0.2, 0) is 32.7 Å². The third kappa shape index (κ3) is 69.3. The van der Waals surface area contributed by atoms with Crippen molar-refractivity contribution < 1.29 is 42.1 Å². The highest BCUT2D eigenvalue weighted by Crippen LogP contribution is 2.43. The van der Waals surface area contributed by atoms with Crippen molar-refractivity contribution in [2.45, 2.75) is 380 Å². The Kier molecular flexibility index (Phi) is 64.3. The van der Waals surface area contributed by atoms with Crippen molar-refractivity contribution in [2.24, 2.45) is 0 Å². The Morgan fingerprint density at radius 2 is 0.643 bits per heavy atom. The van der Waals surface area contributed by atoms with Gasteiger partial charge in [0.15, 0.2) is 6.10 Å². The van der Waals surface area contributed by atoms with Crippen LogP contribution in [0.25, 0.3) is 0 Å². The number of likely N-dealkylation sites (N-methyl/N-ethyl adjacent to an activating group) is 1. The van der Waals surface area contributed by atoms with Crippen LogP contribution in [0.1, 0.15) is 373 Å². The van der Waals surface area contributed by atoms with Crippen molar-refractivity contribution in [3.63, 3.8) is 0 Å². The molecule has 0 aromatic rings. The summed E-state index contributed by atoms with van der Waals surface area (Å²) in [5.41, 5.74) is 0.